The highest BCUT2D eigenvalue weighted by atomic mass is 16.2. The molecule has 136 valence electrons. The van der Waals surface area contributed by atoms with E-state index in [9.17, 15) is 9.59 Å². The van der Waals surface area contributed by atoms with Crippen molar-refractivity contribution in [1.82, 2.24) is 5.43 Å². The molecule has 2 amide bonds. The molecule has 0 unspecified atom stereocenters. The minimum atomic E-state index is -0.0578. The van der Waals surface area contributed by atoms with Crippen LogP contribution in [0.15, 0.2) is 29.4 Å². The monoisotopic (exact) mass is 343 g/mol. The number of nitrogens with one attached hydrogen (secondary N) is 2. The fourth-order valence-corrected chi connectivity index (χ4v) is 3.01. The van der Waals surface area contributed by atoms with E-state index in [0.29, 0.717) is 6.42 Å². The van der Waals surface area contributed by atoms with Crippen molar-refractivity contribution < 1.29 is 9.59 Å². The molecule has 0 atom stereocenters. The maximum Gasteiger partial charge on any atom is 0.240 e. The second-order valence-corrected chi connectivity index (χ2v) is 6.74. The number of carbonyl (C=O) groups excluding carboxylic acids is 2. The molecule has 0 aromatic heterocycles. The summed E-state index contributed by atoms with van der Waals surface area (Å²) in [5.41, 5.74) is 5.06. The molecule has 1 saturated carbocycles. The van der Waals surface area contributed by atoms with Gasteiger partial charge in [0.2, 0.25) is 11.8 Å². The van der Waals surface area contributed by atoms with E-state index in [0.717, 1.165) is 55.5 Å². The molecule has 2 N–H and O–H groups in total. The van der Waals surface area contributed by atoms with E-state index in [2.05, 4.69) is 22.8 Å². The lowest BCUT2D eigenvalue weighted by Crippen LogP contribution is -2.24. The highest BCUT2D eigenvalue weighted by Gasteiger charge is 2.20. The fraction of sp³-hybridized carbons (Fsp3) is 0.550. The zero-order valence-electron chi connectivity index (χ0n) is 15.3. The van der Waals surface area contributed by atoms with Crippen LogP contribution in [0.25, 0.3) is 0 Å². The van der Waals surface area contributed by atoms with Gasteiger partial charge >= 0.3 is 0 Å². The number of nitrogens with zero attached hydrogens (tertiary/aromatic N) is 1. The Kier molecular flexibility index (Phi) is 7.64. The van der Waals surface area contributed by atoms with Crippen molar-refractivity contribution in [2.24, 2.45) is 11.0 Å². The highest BCUT2D eigenvalue weighted by molar-refractivity contribution is 6.00. The van der Waals surface area contributed by atoms with E-state index in [1.807, 2.05) is 31.2 Å². The van der Waals surface area contributed by atoms with E-state index in [4.69, 9.17) is 0 Å². The van der Waals surface area contributed by atoms with Crippen LogP contribution < -0.4 is 10.7 Å². The molecule has 2 rings (SSSR count). The van der Waals surface area contributed by atoms with Crippen LogP contribution in [0.3, 0.4) is 0 Å². The topological polar surface area (TPSA) is 70.6 Å². The van der Waals surface area contributed by atoms with Gasteiger partial charge in [-0.1, -0.05) is 44.7 Å². The standard InChI is InChI=1S/C20H29N3O2/c1-3-4-10-19(24)23-22-15(2)16-11-13-18(14-12-16)21-20(25)17-8-6-5-7-9-17/h11-14,17H,3-10H2,1-2H3,(H,21,25)(H,23,24)/b22-15-. The maximum absolute atomic E-state index is 12.3. The van der Waals surface area contributed by atoms with Crippen molar-refractivity contribution in [2.75, 3.05) is 5.32 Å². The van der Waals surface area contributed by atoms with Gasteiger partial charge in [0.1, 0.15) is 0 Å². The summed E-state index contributed by atoms with van der Waals surface area (Å²) in [5, 5.41) is 7.14. The lowest BCUT2D eigenvalue weighted by Gasteiger charge is -2.20. The van der Waals surface area contributed by atoms with Gasteiger partial charge in [-0.2, -0.15) is 5.10 Å². The van der Waals surface area contributed by atoms with Crippen molar-refractivity contribution in [2.45, 2.75) is 65.2 Å². The minimum absolute atomic E-state index is 0.0578. The Hall–Kier alpha value is -2.17. The quantitative estimate of drug-likeness (QED) is 0.574. The van der Waals surface area contributed by atoms with Crippen LogP contribution in [0.1, 0.15) is 70.8 Å². The van der Waals surface area contributed by atoms with Gasteiger partial charge in [0.05, 0.1) is 5.71 Å². The van der Waals surface area contributed by atoms with Crippen LogP contribution in [0.5, 0.6) is 0 Å². The molecule has 5 heteroatoms. The summed E-state index contributed by atoms with van der Waals surface area (Å²) in [6.45, 7) is 3.91. The number of benzene rings is 1. The molecule has 1 aromatic carbocycles. The van der Waals surface area contributed by atoms with E-state index in [1.54, 1.807) is 0 Å². The first-order valence-corrected chi connectivity index (χ1v) is 9.34. The summed E-state index contributed by atoms with van der Waals surface area (Å²) >= 11 is 0. The van der Waals surface area contributed by atoms with E-state index < -0.39 is 0 Å². The Bertz CT molecular complexity index is 602. The molecule has 1 aliphatic rings. The smallest absolute Gasteiger partial charge is 0.240 e. The van der Waals surface area contributed by atoms with Crippen LogP contribution in [0, 0.1) is 5.92 Å². The molecule has 0 bridgehead atoms. The Balaban J connectivity index is 1.87. The Morgan fingerprint density at radius 3 is 2.44 bits per heavy atom. The number of rotatable bonds is 7. The summed E-state index contributed by atoms with van der Waals surface area (Å²) in [6, 6.07) is 7.59. The second kappa shape index (κ2) is 9.97. The summed E-state index contributed by atoms with van der Waals surface area (Å²) in [7, 11) is 0. The number of unbranched alkanes of at least 4 members (excludes halogenated alkanes) is 1. The van der Waals surface area contributed by atoms with E-state index in [-0.39, 0.29) is 17.7 Å². The van der Waals surface area contributed by atoms with Gasteiger partial charge in [-0.05, 0) is 43.9 Å². The molecular formula is C20H29N3O2. The predicted molar refractivity (Wildman–Crippen MR) is 102 cm³/mol. The largest absolute Gasteiger partial charge is 0.326 e. The Morgan fingerprint density at radius 1 is 1.12 bits per heavy atom. The van der Waals surface area contributed by atoms with Crippen molar-refractivity contribution in [1.29, 1.82) is 0 Å². The maximum atomic E-state index is 12.3. The average Bonchev–Trinajstić information content (AvgIpc) is 2.65. The molecule has 0 spiro atoms. The number of amides is 2. The van der Waals surface area contributed by atoms with Gasteiger partial charge in [0.25, 0.3) is 0 Å². The van der Waals surface area contributed by atoms with Crippen LogP contribution in [0.4, 0.5) is 5.69 Å². The molecule has 1 aromatic rings. The second-order valence-electron chi connectivity index (χ2n) is 6.74. The van der Waals surface area contributed by atoms with Crippen molar-refractivity contribution >= 4 is 23.2 Å². The van der Waals surface area contributed by atoms with Crippen molar-refractivity contribution in [3.05, 3.63) is 29.8 Å². The summed E-state index contributed by atoms with van der Waals surface area (Å²) in [5.74, 6) is 0.216. The van der Waals surface area contributed by atoms with Crippen LogP contribution in [-0.2, 0) is 9.59 Å². The lowest BCUT2D eigenvalue weighted by molar-refractivity contribution is -0.121. The lowest BCUT2D eigenvalue weighted by atomic mass is 9.88. The van der Waals surface area contributed by atoms with E-state index in [1.165, 1.54) is 6.42 Å². The SMILES string of the molecule is CCCCC(=O)N/N=C(/C)c1ccc(NC(=O)C2CCCCC2)cc1. The van der Waals surface area contributed by atoms with Crippen LogP contribution in [-0.4, -0.2) is 17.5 Å². The van der Waals surface area contributed by atoms with Crippen molar-refractivity contribution in [3.63, 3.8) is 0 Å². The molecule has 1 fully saturated rings. The molecule has 1 aliphatic carbocycles. The fourth-order valence-electron chi connectivity index (χ4n) is 3.01. The summed E-state index contributed by atoms with van der Waals surface area (Å²) < 4.78 is 0. The molecule has 0 aliphatic heterocycles. The molecule has 25 heavy (non-hydrogen) atoms. The number of anilines is 1. The zero-order valence-corrected chi connectivity index (χ0v) is 15.3. The summed E-state index contributed by atoms with van der Waals surface area (Å²) in [4.78, 5) is 23.9. The molecule has 0 radical (unpaired) electrons. The first kappa shape index (κ1) is 19.2. The number of hydrazone groups is 1. The first-order valence-electron chi connectivity index (χ1n) is 9.34. The van der Waals surface area contributed by atoms with E-state index >= 15 is 0 Å². The van der Waals surface area contributed by atoms with Gasteiger partial charge < -0.3 is 5.32 Å². The molecule has 5 nitrogen and oxygen atoms in total. The van der Waals surface area contributed by atoms with Gasteiger partial charge in [-0.25, -0.2) is 5.43 Å². The predicted octanol–water partition coefficient (Wildman–Crippen LogP) is 4.24. The average molecular weight is 343 g/mol. The normalized spacial score (nSPS) is 15.7. The Morgan fingerprint density at radius 2 is 1.80 bits per heavy atom. The zero-order chi connectivity index (χ0) is 18.1. The van der Waals surface area contributed by atoms with Crippen molar-refractivity contribution in [3.8, 4) is 0 Å². The third-order valence-electron chi connectivity index (χ3n) is 4.65. The molecular weight excluding hydrogens is 314 g/mol. The first-order chi connectivity index (χ1) is 12.1. The van der Waals surface area contributed by atoms with Gasteiger partial charge in [-0.3, -0.25) is 9.59 Å². The van der Waals surface area contributed by atoms with Crippen LogP contribution in [0.2, 0.25) is 0 Å². The van der Waals surface area contributed by atoms with Gasteiger partial charge in [-0.15, -0.1) is 0 Å². The summed E-state index contributed by atoms with van der Waals surface area (Å²) in [6.07, 6.45) is 7.89. The van der Waals surface area contributed by atoms with Gasteiger partial charge in [0, 0.05) is 18.0 Å². The Labute approximate surface area is 150 Å². The van der Waals surface area contributed by atoms with Crippen LogP contribution >= 0.6 is 0 Å². The molecule has 0 heterocycles. The third-order valence-corrected chi connectivity index (χ3v) is 4.65. The van der Waals surface area contributed by atoms with Gasteiger partial charge in [0.15, 0.2) is 0 Å². The number of carbonyl (C=O) groups is 2. The molecule has 0 saturated heterocycles. The minimum Gasteiger partial charge on any atom is -0.326 e. The number of hydrogen-bond donors (Lipinski definition) is 2. The number of hydrogen-bond acceptors (Lipinski definition) is 3. The third kappa shape index (κ3) is 6.33. The highest BCUT2D eigenvalue weighted by Crippen LogP contribution is 2.25.